The molecule has 0 amide bonds. The average molecular weight is 326 g/mol. The zero-order valence-electron chi connectivity index (χ0n) is 13.7. The van der Waals surface area contributed by atoms with E-state index in [0.717, 1.165) is 17.2 Å². The van der Waals surface area contributed by atoms with Crippen LogP contribution in [0, 0.1) is 13.8 Å². The molecule has 0 saturated carbocycles. The maximum Gasteiger partial charge on any atom is 0.416 e. The fourth-order valence-corrected chi connectivity index (χ4v) is 2.02. The molecule has 0 aliphatic carbocycles. The van der Waals surface area contributed by atoms with E-state index in [1.165, 1.54) is 19.1 Å². The smallest absolute Gasteiger partial charge is 0.416 e. The summed E-state index contributed by atoms with van der Waals surface area (Å²) in [6.45, 7) is 7.09. The quantitative estimate of drug-likeness (QED) is 0.791. The molecule has 0 aromatic heterocycles. The first-order valence-electron chi connectivity index (χ1n) is 7.37. The number of hydrogen-bond acceptors (Lipinski definition) is 2. The second-order valence-corrected chi connectivity index (χ2v) is 4.83. The van der Waals surface area contributed by atoms with Crippen molar-refractivity contribution in [3.8, 4) is 11.5 Å². The molecule has 5 heteroatoms. The SMILES string of the molecule is CC.Cc1cc(CO)ccc1Oc1ccc(C)c(C(F)(F)F)c1. The summed E-state index contributed by atoms with van der Waals surface area (Å²) >= 11 is 0. The Bertz CT molecular complexity index is 649. The number of hydrogen-bond donors (Lipinski definition) is 1. The second kappa shape index (κ2) is 8.02. The van der Waals surface area contributed by atoms with Crippen molar-refractivity contribution in [3.05, 3.63) is 58.7 Å². The summed E-state index contributed by atoms with van der Waals surface area (Å²) in [5.74, 6) is 0.594. The van der Waals surface area contributed by atoms with Gasteiger partial charge in [-0.1, -0.05) is 32.0 Å². The maximum atomic E-state index is 12.9. The summed E-state index contributed by atoms with van der Waals surface area (Å²) in [5.41, 5.74) is 0.919. The standard InChI is InChI=1S/C16H15F3O2.C2H6/c1-10-3-5-13(8-14(10)16(17,18)19)21-15-6-4-12(9-20)7-11(15)2;1-2/h3-8,20H,9H2,1-2H3;1-2H3. The van der Waals surface area contributed by atoms with Crippen molar-refractivity contribution >= 4 is 0 Å². The number of halogens is 3. The fourth-order valence-electron chi connectivity index (χ4n) is 2.02. The highest BCUT2D eigenvalue weighted by Gasteiger charge is 2.32. The van der Waals surface area contributed by atoms with Gasteiger partial charge in [0.2, 0.25) is 0 Å². The van der Waals surface area contributed by atoms with Gasteiger partial charge in [0.05, 0.1) is 12.2 Å². The zero-order valence-corrected chi connectivity index (χ0v) is 13.7. The monoisotopic (exact) mass is 326 g/mol. The van der Waals surface area contributed by atoms with Crippen LogP contribution in [0.5, 0.6) is 11.5 Å². The van der Waals surface area contributed by atoms with Crippen LogP contribution in [0.4, 0.5) is 13.2 Å². The molecular weight excluding hydrogens is 305 g/mol. The van der Waals surface area contributed by atoms with E-state index in [0.29, 0.717) is 5.75 Å². The fraction of sp³-hybridized carbons (Fsp3) is 0.333. The molecule has 126 valence electrons. The lowest BCUT2D eigenvalue weighted by Crippen LogP contribution is -2.07. The summed E-state index contributed by atoms with van der Waals surface area (Å²) in [6, 6.07) is 8.91. The lowest BCUT2D eigenvalue weighted by Gasteiger charge is -2.14. The molecular formula is C18H21F3O2. The van der Waals surface area contributed by atoms with Crippen LogP contribution >= 0.6 is 0 Å². The van der Waals surface area contributed by atoms with Crippen LogP contribution in [0.25, 0.3) is 0 Å². The number of benzene rings is 2. The lowest BCUT2D eigenvalue weighted by atomic mass is 10.1. The summed E-state index contributed by atoms with van der Waals surface area (Å²) in [6.07, 6.45) is -4.40. The van der Waals surface area contributed by atoms with Gasteiger partial charge in [0, 0.05) is 0 Å². The minimum atomic E-state index is -4.40. The molecule has 0 fully saturated rings. The summed E-state index contributed by atoms with van der Waals surface area (Å²) in [4.78, 5) is 0. The van der Waals surface area contributed by atoms with Gasteiger partial charge in [-0.05, 0) is 48.7 Å². The van der Waals surface area contributed by atoms with Gasteiger partial charge < -0.3 is 9.84 Å². The predicted octanol–water partition coefficient (Wildman–Crippen LogP) is 5.63. The molecule has 23 heavy (non-hydrogen) atoms. The number of ether oxygens (including phenoxy) is 1. The first-order chi connectivity index (χ1) is 10.8. The van der Waals surface area contributed by atoms with Gasteiger partial charge in [-0.2, -0.15) is 13.2 Å². The van der Waals surface area contributed by atoms with E-state index in [1.54, 1.807) is 25.1 Å². The van der Waals surface area contributed by atoms with Gasteiger partial charge in [-0.25, -0.2) is 0 Å². The van der Waals surface area contributed by atoms with Crippen molar-refractivity contribution in [1.82, 2.24) is 0 Å². The number of rotatable bonds is 3. The molecule has 0 saturated heterocycles. The van der Waals surface area contributed by atoms with E-state index in [1.807, 2.05) is 13.8 Å². The van der Waals surface area contributed by atoms with Crippen LogP contribution in [0.1, 0.15) is 36.1 Å². The maximum absolute atomic E-state index is 12.9. The van der Waals surface area contributed by atoms with E-state index in [-0.39, 0.29) is 17.9 Å². The molecule has 0 unspecified atom stereocenters. The van der Waals surface area contributed by atoms with Crippen LogP contribution < -0.4 is 4.74 Å². The van der Waals surface area contributed by atoms with Crippen LogP contribution in [-0.4, -0.2) is 5.11 Å². The molecule has 2 nitrogen and oxygen atoms in total. The molecule has 0 spiro atoms. The average Bonchev–Trinajstić information content (AvgIpc) is 2.52. The lowest BCUT2D eigenvalue weighted by molar-refractivity contribution is -0.138. The van der Waals surface area contributed by atoms with Gasteiger partial charge in [-0.3, -0.25) is 0 Å². The third-order valence-electron chi connectivity index (χ3n) is 3.16. The minimum Gasteiger partial charge on any atom is -0.457 e. The van der Waals surface area contributed by atoms with Crippen molar-refractivity contribution in [2.75, 3.05) is 0 Å². The normalized spacial score (nSPS) is 10.8. The van der Waals surface area contributed by atoms with Gasteiger partial charge in [0.1, 0.15) is 11.5 Å². The minimum absolute atomic E-state index is 0.0934. The van der Waals surface area contributed by atoms with E-state index >= 15 is 0 Å². The zero-order chi connectivity index (χ0) is 17.6. The molecule has 0 radical (unpaired) electrons. The Labute approximate surface area is 134 Å². The van der Waals surface area contributed by atoms with Gasteiger partial charge in [0.15, 0.2) is 0 Å². The van der Waals surface area contributed by atoms with E-state index < -0.39 is 11.7 Å². The largest absolute Gasteiger partial charge is 0.457 e. The number of aliphatic hydroxyl groups excluding tert-OH is 1. The summed E-state index contributed by atoms with van der Waals surface area (Å²) in [5, 5.41) is 9.03. The Morgan fingerprint density at radius 2 is 1.61 bits per heavy atom. The first kappa shape index (κ1) is 19.0. The number of aliphatic hydroxyl groups is 1. The van der Waals surface area contributed by atoms with Crippen molar-refractivity contribution in [3.63, 3.8) is 0 Å². The van der Waals surface area contributed by atoms with Crippen molar-refractivity contribution < 1.29 is 23.0 Å². The Hall–Kier alpha value is -2.01. The van der Waals surface area contributed by atoms with E-state index in [9.17, 15) is 13.2 Å². The third-order valence-corrected chi connectivity index (χ3v) is 3.16. The Kier molecular flexibility index (Phi) is 6.63. The summed E-state index contributed by atoms with van der Waals surface area (Å²) < 4.78 is 44.1. The van der Waals surface area contributed by atoms with Crippen LogP contribution in [0.2, 0.25) is 0 Å². The van der Waals surface area contributed by atoms with Crippen molar-refractivity contribution in [2.24, 2.45) is 0 Å². The number of alkyl halides is 3. The molecule has 0 aliphatic heterocycles. The van der Waals surface area contributed by atoms with Crippen molar-refractivity contribution in [2.45, 2.75) is 40.5 Å². The molecule has 0 bridgehead atoms. The van der Waals surface area contributed by atoms with E-state index in [2.05, 4.69) is 0 Å². The highest BCUT2D eigenvalue weighted by atomic mass is 19.4. The van der Waals surface area contributed by atoms with Crippen LogP contribution in [-0.2, 0) is 12.8 Å². The Morgan fingerprint density at radius 3 is 2.13 bits per heavy atom. The molecule has 1 N–H and O–H groups in total. The Balaban J connectivity index is 0.00000127. The summed E-state index contributed by atoms with van der Waals surface area (Å²) in [7, 11) is 0. The van der Waals surface area contributed by atoms with Gasteiger partial charge >= 0.3 is 6.18 Å². The van der Waals surface area contributed by atoms with E-state index in [4.69, 9.17) is 9.84 Å². The van der Waals surface area contributed by atoms with Gasteiger partial charge in [-0.15, -0.1) is 0 Å². The Morgan fingerprint density at radius 1 is 0.957 bits per heavy atom. The number of aryl methyl sites for hydroxylation is 2. The van der Waals surface area contributed by atoms with Crippen molar-refractivity contribution in [1.29, 1.82) is 0 Å². The highest BCUT2D eigenvalue weighted by molar-refractivity contribution is 5.42. The molecule has 2 aromatic carbocycles. The van der Waals surface area contributed by atoms with Gasteiger partial charge in [0.25, 0.3) is 0 Å². The highest BCUT2D eigenvalue weighted by Crippen LogP contribution is 2.35. The molecule has 0 heterocycles. The van der Waals surface area contributed by atoms with Crippen LogP contribution in [0.3, 0.4) is 0 Å². The molecule has 2 aromatic rings. The predicted molar refractivity (Wildman–Crippen MR) is 84.7 cm³/mol. The second-order valence-electron chi connectivity index (χ2n) is 4.83. The molecule has 2 rings (SSSR count). The molecule has 0 aliphatic rings. The topological polar surface area (TPSA) is 29.5 Å². The van der Waals surface area contributed by atoms with Crippen LogP contribution in [0.15, 0.2) is 36.4 Å². The first-order valence-corrected chi connectivity index (χ1v) is 7.37. The molecule has 0 atom stereocenters. The third kappa shape index (κ3) is 4.99.